The van der Waals surface area contributed by atoms with Gasteiger partial charge in [-0.1, -0.05) is 12.1 Å². The molecule has 0 spiro atoms. The van der Waals surface area contributed by atoms with Crippen LogP contribution in [-0.4, -0.2) is 41.2 Å². The number of aromatic nitrogens is 5. The van der Waals surface area contributed by atoms with Crippen LogP contribution in [0.1, 0.15) is 19.0 Å². The molecule has 1 N–H and O–H groups in total. The van der Waals surface area contributed by atoms with Crippen LogP contribution in [0.3, 0.4) is 0 Å². The van der Waals surface area contributed by atoms with E-state index in [2.05, 4.69) is 14.7 Å². The minimum Gasteiger partial charge on any atom is -0.425 e. The molecular formula is C23H22F3N5O5. The van der Waals surface area contributed by atoms with Crippen LogP contribution >= 0.6 is 0 Å². The van der Waals surface area contributed by atoms with E-state index in [0.29, 0.717) is 5.69 Å². The van der Waals surface area contributed by atoms with Gasteiger partial charge in [-0.15, -0.1) is 13.2 Å². The number of aryl methyl sites for hydroxylation is 1. The van der Waals surface area contributed by atoms with Crippen molar-refractivity contribution in [1.29, 1.82) is 0 Å². The Morgan fingerprint density at radius 3 is 2.50 bits per heavy atom. The largest absolute Gasteiger partial charge is 0.573 e. The van der Waals surface area contributed by atoms with Gasteiger partial charge in [0.2, 0.25) is 0 Å². The summed E-state index contributed by atoms with van der Waals surface area (Å²) in [5, 5.41) is 9.64. The maximum Gasteiger partial charge on any atom is 0.573 e. The van der Waals surface area contributed by atoms with Crippen LogP contribution in [0, 0.1) is 0 Å². The van der Waals surface area contributed by atoms with E-state index in [1.54, 1.807) is 31.3 Å². The summed E-state index contributed by atoms with van der Waals surface area (Å²) in [7, 11) is 1.43. The Hall–Kier alpha value is -4.13. The number of hydrogen-bond donors (Lipinski definition) is 1. The lowest BCUT2D eigenvalue weighted by Crippen LogP contribution is -2.40. The Morgan fingerprint density at radius 2 is 1.83 bits per heavy atom. The SMILES string of the molecule is CC(O)CCn1c(=O)c2c(nc(Oc3cccc(OC(F)(F)F)c3)n2Cc2ccccn2)n(C)c1=O. The minimum atomic E-state index is -4.89. The van der Waals surface area contributed by atoms with Crippen molar-refractivity contribution in [3.8, 4) is 17.5 Å². The maximum atomic E-state index is 13.4. The van der Waals surface area contributed by atoms with E-state index in [1.165, 1.54) is 28.3 Å². The van der Waals surface area contributed by atoms with Crippen LogP contribution in [0.25, 0.3) is 11.2 Å². The van der Waals surface area contributed by atoms with E-state index in [0.717, 1.165) is 16.7 Å². The van der Waals surface area contributed by atoms with Gasteiger partial charge in [-0.05, 0) is 37.6 Å². The zero-order valence-corrected chi connectivity index (χ0v) is 19.3. The molecule has 1 unspecified atom stereocenters. The second-order valence-corrected chi connectivity index (χ2v) is 8.03. The third-order valence-corrected chi connectivity index (χ3v) is 5.26. The van der Waals surface area contributed by atoms with Crippen molar-refractivity contribution in [3.63, 3.8) is 0 Å². The van der Waals surface area contributed by atoms with Crippen molar-refractivity contribution in [2.45, 2.75) is 38.9 Å². The molecule has 4 aromatic rings. The predicted octanol–water partition coefficient (Wildman–Crippen LogP) is 2.80. The number of halogens is 3. The lowest BCUT2D eigenvalue weighted by atomic mass is 10.3. The molecule has 3 heterocycles. The molecule has 0 aliphatic carbocycles. The topological polar surface area (TPSA) is 113 Å². The minimum absolute atomic E-state index is 0.0203. The second kappa shape index (κ2) is 9.85. The highest BCUT2D eigenvalue weighted by molar-refractivity contribution is 5.72. The number of fused-ring (bicyclic) bond motifs is 1. The molecule has 0 aliphatic heterocycles. The Balaban J connectivity index is 1.86. The molecule has 0 bridgehead atoms. The predicted molar refractivity (Wildman–Crippen MR) is 122 cm³/mol. The van der Waals surface area contributed by atoms with Gasteiger partial charge in [0.1, 0.15) is 11.5 Å². The molecule has 4 rings (SSSR count). The average molecular weight is 505 g/mol. The number of aliphatic hydroxyl groups is 1. The summed E-state index contributed by atoms with van der Waals surface area (Å²) in [6, 6.07) is 9.87. The summed E-state index contributed by atoms with van der Waals surface area (Å²) in [5.41, 5.74) is -0.693. The van der Waals surface area contributed by atoms with Gasteiger partial charge in [0, 0.05) is 25.9 Å². The highest BCUT2D eigenvalue weighted by Crippen LogP contribution is 2.30. The molecule has 36 heavy (non-hydrogen) atoms. The van der Waals surface area contributed by atoms with E-state index in [1.807, 2.05) is 0 Å². The van der Waals surface area contributed by atoms with E-state index >= 15 is 0 Å². The first-order chi connectivity index (χ1) is 17.0. The van der Waals surface area contributed by atoms with Gasteiger partial charge in [-0.25, -0.2) is 4.79 Å². The van der Waals surface area contributed by atoms with Crippen molar-refractivity contribution in [2.75, 3.05) is 0 Å². The fourth-order valence-electron chi connectivity index (χ4n) is 3.58. The lowest BCUT2D eigenvalue weighted by Gasteiger charge is -2.12. The molecule has 0 fully saturated rings. The van der Waals surface area contributed by atoms with Crippen molar-refractivity contribution in [3.05, 3.63) is 75.2 Å². The first-order valence-electron chi connectivity index (χ1n) is 10.8. The fraction of sp³-hybridized carbons (Fsp3) is 0.304. The summed E-state index contributed by atoms with van der Waals surface area (Å²) in [6.07, 6.45) is -3.89. The monoisotopic (exact) mass is 505 g/mol. The standard InChI is InChI=1S/C23H22F3N5O5/c1-14(32)9-11-30-20(33)18-19(29(2)22(30)34)28-21(31(18)13-15-6-3-4-10-27-15)35-16-7-5-8-17(12-16)36-23(24,25)26/h3-8,10,12,14,32H,9,11,13H2,1-2H3. The molecule has 0 saturated heterocycles. The van der Waals surface area contributed by atoms with Crippen LogP contribution in [0.5, 0.6) is 17.5 Å². The van der Waals surface area contributed by atoms with Gasteiger partial charge >= 0.3 is 18.1 Å². The molecule has 0 aliphatic rings. The van der Waals surface area contributed by atoms with Crippen LogP contribution in [0.4, 0.5) is 13.2 Å². The molecule has 10 nitrogen and oxygen atoms in total. The van der Waals surface area contributed by atoms with E-state index in [9.17, 15) is 27.9 Å². The molecule has 1 aromatic carbocycles. The Kier molecular flexibility index (Phi) is 6.84. The molecule has 3 aromatic heterocycles. The summed E-state index contributed by atoms with van der Waals surface area (Å²) in [4.78, 5) is 34.8. The molecule has 190 valence electrons. The van der Waals surface area contributed by atoms with Gasteiger partial charge in [0.15, 0.2) is 11.2 Å². The zero-order chi connectivity index (χ0) is 26.0. The highest BCUT2D eigenvalue weighted by atomic mass is 19.4. The number of aliphatic hydroxyl groups excluding tert-OH is 1. The first-order valence-corrected chi connectivity index (χ1v) is 10.8. The van der Waals surface area contributed by atoms with Crippen LogP contribution < -0.4 is 20.7 Å². The molecule has 1 atom stereocenters. The Bertz CT molecular complexity index is 1490. The van der Waals surface area contributed by atoms with E-state index in [-0.39, 0.29) is 42.4 Å². The molecular weight excluding hydrogens is 483 g/mol. The second-order valence-electron chi connectivity index (χ2n) is 8.03. The smallest absolute Gasteiger partial charge is 0.425 e. The Labute approximate surface area is 201 Å². The van der Waals surface area contributed by atoms with Crippen molar-refractivity contribution in [1.82, 2.24) is 23.7 Å². The highest BCUT2D eigenvalue weighted by Gasteiger charge is 2.31. The van der Waals surface area contributed by atoms with E-state index in [4.69, 9.17) is 4.74 Å². The van der Waals surface area contributed by atoms with Gasteiger partial charge < -0.3 is 14.6 Å². The van der Waals surface area contributed by atoms with Gasteiger partial charge in [-0.2, -0.15) is 4.98 Å². The summed E-state index contributed by atoms with van der Waals surface area (Å²) < 4.78 is 51.2. The molecule has 0 radical (unpaired) electrons. The van der Waals surface area contributed by atoms with Crippen LogP contribution in [-0.2, 0) is 20.1 Å². The number of pyridine rings is 1. The third kappa shape index (κ3) is 5.40. The lowest BCUT2D eigenvalue weighted by molar-refractivity contribution is -0.274. The van der Waals surface area contributed by atoms with Crippen molar-refractivity contribution < 1.29 is 27.8 Å². The molecule has 13 heteroatoms. The molecule has 0 amide bonds. The number of nitrogens with zero attached hydrogens (tertiary/aromatic N) is 5. The number of ether oxygens (including phenoxy) is 2. The van der Waals surface area contributed by atoms with Gasteiger partial charge in [-0.3, -0.25) is 23.5 Å². The summed E-state index contributed by atoms with van der Waals surface area (Å²) in [6.45, 7) is 1.54. The number of rotatable bonds is 8. The van der Waals surface area contributed by atoms with Crippen LogP contribution in [0.15, 0.2) is 58.3 Å². The quantitative estimate of drug-likeness (QED) is 0.392. The summed E-state index contributed by atoms with van der Waals surface area (Å²) >= 11 is 0. The summed E-state index contributed by atoms with van der Waals surface area (Å²) in [5.74, 6) is -0.533. The van der Waals surface area contributed by atoms with Crippen LogP contribution in [0.2, 0.25) is 0 Å². The number of imidazole rings is 1. The number of alkyl halides is 3. The zero-order valence-electron chi connectivity index (χ0n) is 19.3. The van der Waals surface area contributed by atoms with Crippen molar-refractivity contribution >= 4 is 11.2 Å². The number of hydrogen-bond acceptors (Lipinski definition) is 7. The first kappa shape index (κ1) is 25.0. The number of benzene rings is 1. The van der Waals surface area contributed by atoms with Gasteiger partial charge in [0.05, 0.1) is 18.3 Å². The maximum absolute atomic E-state index is 13.4. The fourth-order valence-corrected chi connectivity index (χ4v) is 3.58. The normalized spacial score (nSPS) is 12.6. The third-order valence-electron chi connectivity index (χ3n) is 5.26. The molecule has 0 saturated carbocycles. The van der Waals surface area contributed by atoms with E-state index < -0.39 is 29.5 Å². The van der Waals surface area contributed by atoms with Gasteiger partial charge in [0.25, 0.3) is 5.56 Å². The average Bonchev–Trinajstić information content (AvgIpc) is 3.15. The van der Waals surface area contributed by atoms with Crippen molar-refractivity contribution in [2.24, 2.45) is 7.05 Å². The Morgan fingerprint density at radius 1 is 1.08 bits per heavy atom.